The third-order valence-corrected chi connectivity index (χ3v) is 2.84. The number of hydrogen-bond acceptors (Lipinski definition) is 5. The van der Waals surface area contributed by atoms with E-state index in [0.29, 0.717) is 18.9 Å². The highest BCUT2D eigenvalue weighted by atomic mass is 16.5. The van der Waals surface area contributed by atoms with Crippen LogP contribution in [0.3, 0.4) is 0 Å². The van der Waals surface area contributed by atoms with E-state index in [2.05, 4.69) is 20.0 Å². The third kappa shape index (κ3) is 3.19. The van der Waals surface area contributed by atoms with E-state index < -0.39 is 5.97 Å². The fourth-order valence-corrected chi connectivity index (χ4v) is 1.97. The first-order chi connectivity index (χ1) is 8.65. The van der Waals surface area contributed by atoms with Gasteiger partial charge in [-0.3, -0.25) is 4.79 Å². The highest BCUT2D eigenvalue weighted by Crippen LogP contribution is 2.19. The Morgan fingerprint density at radius 2 is 2.44 bits per heavy atom. The monoisotopic (exact) mass is 254 g/mol. The summed E-state index contributed by atoms with van der Waals surface area (Å²) in [6.07, 6.45) is 2.02. The second kappa shape index (κ2) is 5.48. The SMILES string of the molecule is O=C(O)CC1CCN(C(=O)NCc2ncon2)C1. The van der Waals surface area contributed by atoms with Crippen LogP contribution in [-0.4, -0.2) is 45.2 Å². The maximum absolute atomic E-state index is 11.8. The van der Waals surface area contributed by atoms with Crippen molar-refractivity contribution in [1.29, 1.82) is 0 Å². The molecule has 0 radical (unpaired) electrons. The van der Waals surface area contributed by atoms with E-state index >= 15 is 0 Å². The molecule has 1 aliphatic rings. The summed E-state index contributed by atoms with van der Waals surface area (Å²) in [5, 5.41) is 14.9. The Morgan fingerprint density at radius 3 is 3.11 bits per heavy atom. The lowest BCUT2D eigenvalue weighted by atomic mass is 10.1. The van der Waals surface area contributed by atoms with Gasteiger partial charge in [-0.2, -0.15) is 4.98 Å². The quantitative estimate of drug-likeness (QED) is 0.787. The second-order valence-electron chi connectivity index (χ2n) is 4.20. The van der Waals surface area contributed by atoms with Crippen molar-refractivity contribution in [3.63, 3.8) is 0 Å². The van der Waals surface area contributed by atoms with E-state index in [1.54, 1.807) is 4.90 Å². The minimum absolute atomic E-state index is 0.0402. The highest BCUT2D eigenvalue weighted by molar-refractivity contribution is 5.74. The van der Waals surface area contributed by atoms with Crippen LogP contribution in [0.5, 0.6) is 0 Å². The lowest BCUT2D eigenvalue weighted by molar-refractivity contribution is -0.138. The zero-order valence-corrected chi connectivity index (χ0v) is 9.70. The molecule has 0 bridgehead atoms. The topological polar surface area (TPSA) is 109 Å². The van der Waals surface area contributed by atoms with E-state index in [1.165, 1.54) is 6.39 Å². The van der Waals surface area contributed by atoms with Gasteiger partial charge in [0.1, 0.15) is 0 Å². The molecule has 2 rings (SSSR count). The van der Waals surface area contributed by atoms with Crippen molar-refractivity contribution < 1.29 is 19.2 Å². The van der Waals surface area contributed by atoms with Gasteiger partial charge in [0.25, 0.3) is 0 Å². The van der Waals surface area contributed by atoms with Gasteiger partial charge in [-0.1, -0.05) is 5.16 Å². The second-order valence-corrected chi connectivity index (χ2v) is 4.20. The molecule has 0 spiro atoms. The fourth-order valence-electron chi connectivity index (χ4n) is 1.97. The van der Waals surface area contributed by atoms with Crippen LogP contribution in [0.25, 0.3) is 0 Å². The minimum atomic E-state index is -0.825. The normalized spacial score (nSPS) is 18.9. The number of carbonyl (C=O) groups excluding carboxylic acids is 1. The van der Waals surface area contributed by atoms with Crippen molar-refractivity contribution >= 4 is 12.0 Å². The predicted molar refractivity (Wildman–Crippen MR) is 58.5 cm³/mol. The maximum atomic E-state index is 11.8. The molecular weight excluding hydrogens is 240 g/mol. The molecule has 8 heteroatoms. The summed E-state index contributed by atoms with van der Waals surface area (Å²) in [7, 11) is 0. The number of rotatable bonds is 4. The van der Waals surface area contributed by atoms with Gasteiger partial charge in [-0.25, -0.2) is 4.79 Å². The Hall–Kier alpha value is -2.12. The first kappa shape index (κ1) is 12.3. The number of likely N-dealkylation sites (tertiary alicyclic amines) is 1. The Kier molecular flexibility index (Phi) is 3.75. The zero-order chi connectivity index (χ0) is 13.0. The molecule has 1 aliphatic heterocycles. The molecule has 1 aromatic rings. The number of aromatic nitrogens is 2. The van der Waals surface area contributed by atoms with Crippen LogP contribution in [0, 0.1) is 5.92 Å². The summed E-state index contributed by atoms with van der Waals surface area (Å²) in [5.41, 5.74) is 0. The van der Waals surface area contributed by atoms with Crippen molar-refractivity contribution in [3.8, 4) is 0 Å². The molecule has 8 nitrogen and oxygen atoms in total. The van der Waals surface area contributed by atoms with Crippen LogP contribution in [0.1, 0.15) is 18.7 Å². The molecule has 1 atom stereocenters. The number of carboxylic acid groups (broad SMARTS) is 1. The van der Waals surface area contributed by atoms with E-state index in [4.69, 9.17) is 5.11 Å². The van der Waals surface area contributed by atoms with E-state index in [0.717, 1.165) is 6.42 Å². The van der Waals surface area contributed by atoms with Crippen LogP contribution in [0.15, 0.2) is 10.9 Å². The molecule has 1 unspecified atom stereocenters. The molecular formula is C10H14N4O4. The van der Waals surface area contributed by atoms with Crippen molar-refractivity contribution in [2.24, 2.45) is 5.92 Å². The Labute approximate surface area is 103 Å². The predicted octanol–water partition coefficient (Wildman–Crippen LogP) is 0.0758. The Balaban J connectivity index is 1.75. The van der Waals surface area contributed by atoms with Crippen molar-refractivity contribution in [2.75, 3.05) is 13.1 Å². The van der Waals surface area contributed by atoms with Crippen molar-refractivity contribution in [2.45, 2.75) is 19.4 Å². The number of nitrogens with zero attached hydrogens (tertiary/aromatic N) is 3. The van der Waals surface area contributed by atoms with Crippen LogP contribution in [0.2, 0.25) is 0 Å². The molecule has 0 aromatic carbocycles. The Morgan fingerprint density at radius 1 is 1.61 bits per heavy atom. The summed E-state index contributed by atoms with van der Waals surface area (Å²) in [4.78, 5) is 27.7. The average Bonchev–Trinajstić information content (AvgIpc) is 2.95. The number of urea groups is 1. The van der Waals surface area contributed by atoms with Crippen molar-refractivity contribution in [1.82, 2.24) is 20.4 Å². The highest BCUT2D eigenvalue weighted by Gasteiger charge is 2.27. The van der Waals surface area contributed by atoms with Gasteiger partial charge in [0.05, 0.1) is 6.54 Å². The molecule has 1 fully saturated rings. The molecule has 98 valence electrons. The molecule has 18 heavy (non-hydrogen) atoms. The van der Waals surface area contributed by atoms with E-state index in [9.17, 15) is 9.59 Å². The number of amides is 2. The lowest BCUT2D eigenvalue weighted by Crippen LogP contribution is -2.38. The van der Waals surface area contributed by atoms with E-state index in [1.807, 2.05) is 0 Å². The van der Waals surface area contributed by atoms with Gasteiger partial charge >= 0.3 is 12.0 Å². The molecule has 2 N–H and O–H groups in total. The van der Waals surface area contributed by atoms with Gasteiger partial charge in [0.15, 0.2) is 5.82 Å². The van der Waals surface area contributed by atoms with Gasteiger partial charge in [0, 0.05) is 19.5 Å². The number of carboxylic acids is 1. The molecule has 2 heterocycles. The zero-order valence-electron chi connectivity index (χ0n) is 9.70. The first-order valence-electron chi connectivity index (χ1n) is 5.65. The maximum Gasteiger partial charge on any atom is 0.317 e. The largest absolute Gasteiger partial charge is 0.481 e. The number of nitrogens with one attached hydrogen (secondary N) is 1. The lowest BCUT2D eigenvalue weighted by Gasteiger charge is -2.16. The minimum Gasteiger partial charge on any atom is -0.481 e. The summed E-state index contributed by atoms with van der Waals surface area (Å²) in [6, 6.07) is -0.229. The molecule has 0 aliphatic carbocycles. The molecule has 0 saturated carbocycles. The van der Waals surface area contributed by atoms with Gasteiger partial charge < -0.3 is 19.8 Å². The average molecular weight is 254 g/mol. The summed E-state index contributed by atoms with van der Waals surface area (Å²) in [6.45, 7) is 1.26. The van der Waals surface area contributed by atoms with Crippen molar-refractivity contribution in [3.05, 3.63) is 12.2 Å². The fraction of sp³-hybridized carbons (Fsp3) is 0.600. The first-order valence-corrected chi connectivity index (χ1v) is 5.65. The van der Waals surface area contributed by atoms with Crippen LogP contribution < -0.4 is 5.32 Å². The number of aliphatic carboxylic acids is 1. The van der Waals surface area contributed by atoms with E-state index in [-0.39, 0.29) is 24.9 Å². The summed E-state index contributed by atoms with van der Waals surface area (Å²) in [5.74, 6) is -0.378. The summed E-state index contributed by atoms with van der Waals surface area (Å²) >= 11 is 0. The molecule has 1 saturated heterocycles. The van der Waals surface area contributed by atoms with Gasteiger partial charge in [-0.05, 0) is 12.3 Å². The van der Waals surface area contributed by atoms with Gasteiger partial charge in [-0.15, -0.1) is 0 Å². The smallest absolute Gasteiger partial charge is 0.317 e. The molecule has 1 aromatic heterocycles. The van der Waals surface area contributed by atoms with Crippen LogP contribution in [-0.2, 0) is 11.3 Å². The molecule has 2 amide bonds. The summed E-state index contributed by atoms with van der Waals surface area (Å²) < 4.78 is 4.54. The van der Waals surface area contributed by atoms with Crippen LogP contribution >= 0.6 is 0 Å². The van der Waals surface area contributed by atoms with Crippen LogP contribution in [0.4, 0.5) is 4.79 Å². The number of carbonyl (C=O) groups is 2. The third-order valence-electron chi connectivity index (χ3n) is 2.84. The standard InChI is InChI=1S/C10H14N4O4/c15-9(16)3-7-1-2-14(5-7)10(17)11-4-8-12-6-18-13-8/h6-7H,1-5H2,(H,11,17)(H,15,16). The Bertz CT molecular complexity index is 420. The van der Waals surface area contributed by atoms with Gasteiger partial charge in [0.2, 0.25) is 6.39 Å². The number of hydrogen-bond donors (Lipinski definition) is 2.